The quantitative estimate of drug-likeness (QED) is 0.675. The topological polar surface area (TPSA) is 55.2 Å². The summed E-state index contributed by atoms with van der Waals surface area (Å²) in [7, 11) is 0. The summed E-state index contributed by atoms with van der Waals surface area (Å²) >= 11 is 3.38. The molecule has 0 fully saturated rings. The Bertz CT molecular complexity index is 597. The van der Waals surface area contributed by atoms with Crippen LogP contribution in [0.3, 0.4) is 0 Å². The number of halogens is 1. The second-order valence-corrected chi connectivity index (χ2v) is 5.15. The number of nitro benzene ring substituents is 1. The zero-order chi connectivity index (χ0) is 13.8. The largest absolute Gasteiger partial charge is 0.381 e. The van der Waals surface area contributed by atoms with E-state index in [9.17, 15) is 10.1 Å². The molecule has 0 radical (unpaired) electrons. The van der Waals surface area contributed by atoms with Crippen LogP contribution in [0.5, 0.6) is 0 Å². The monoisotopic (exact) mass is 320 g/mol. The van der Waals surface area contributed by atoms with Crippen LogP contribution in [0, 0.1) is 17.0 Å². The lowest BCUT2D eigenvalue weighted by molar-refractivity contribution is -0.384. The molecule has 0 aromatic heterocycles. The molecule has 2 aromatic carbocycles. The zero-order valence-electron chi connectivity index (χ0n) is 10.4. The van der Waals surface area contributed by atoms with Crippen LogP contribution in [0.25, 0.3) is 0 Å². The first-order valence-electron chi connectivity index (χ1n) is 5.79. The first kappa shape index (κ1) is 13.5. The molecule has 0 aliphatic carbocycles. The second-order valence-electron chi connectivity index (χ2n) is 4.24. The van der Waals surface area contributed by atoms with E-state index in [1.807, 2.05) is 31.2 Å². The fraction of sp³-hybridized carbons (Fsp3) is 0.143. The number of nitro groups is 1. The Morgan fingerprint density at radius 1 is 1.21 bits per heavy atom. The van der Waals surface area contributed by atoms with E-state index in [-0.39, 0.29) is 10.6 Å². The maximum atomic E-state index is 10.7. The predicted octanol–water partition coefficient (Wildman–Crippen LogP) is 4.28. The van der Waals surface area contributed by atoms with Gasteiger partial charge in [-0.3, -0.25) is 10.1 Å². The summed E-state index contributed by atoms with van der Waals surface area (Å²) in [4.78, 5) is 10.4. The first-order valence-corrected chi connectivity index (χ1v) is 6.59. The molecular weight excluding hydrogens is 308 g/mol. The van der Waals surface area contributed by atoms with Gasteiger partial charge in [0.2, 0.25) is 0 Å². The van der Waals surface area contributed by atoms with Gasteiger partial charge in [0.25, 0.3) is 5.69 Å². The molecule has 98 valence electrons. The highest BCUT2D eigenvalue weighted by Crippen LogP contribution is 2.22. The molecular formula is C14H13BrN2O2. The fourth-order valence-corrected chi connectivity index (χ4v) is 1.98. The van der Waals surface area contributed by atoms with Gasteiger partial charge in [-0.25, -0.2) is 0 Å². The summed E-state index contributed by atoms with van der Waals surface area (Å²) in [6, 6.07) is 12.8. The number of non-ortho nitro benzene ring substituents is 1. The average Bonchev–Trinajstić information content (AvgIpc) is 2.39. The molecule has 4 nitrogen and oxygen atoms in total. The molecule has 0 unspecified atom stereocenters. The molecule has 0 aliphatic heterocycles. The Labute approximate surface area is 119 Å². The number of nitrogens with one attached hydrogen (secondary N) is 1. The summed E-state index contributed by atoms with van der Waals surface area (Å²) < 4.78 is 1.03. The molecule has 0 saturated carbocycles. The fourth-order valence-electron chi connectivity index (χ4n) is 1.71. The molecule has 0 amide bonds. The molecule has 0 bridgehead atoms. The van der Waals surface area contributed by atoms with Crippen LogP contribution in [-0.4, -0.2) is 4.92 Å². The number of hydrogen-bond acceptors (Lipinski definition) is 3. The minimum absolute atomic E-state index is 0.101. The van der Waals surface area contributed by atoms with Crippen molar-refractivity contribution in [3.05, 3.63) is 68.2 Å². The van der Waals surface area contributed by atoms with Crippen LogP contribution in [0.1, 0.15) is 11.1 Å². The lowest BCUT2D eigenvalue weighted by Gasteiger charge is -2.09. The molecule has 0 atom stereocenters. The van der Waals surface area contributed by atoms with Crippen molar-refractivity contribution < 1.29 is 4.92 Å². The summed E-state index contributed by atoms with van der Waals surface area (Å²) in [6.07, 6.45) is 0. The van der Waals surface area contributed by atoms with Crippen molar-refractivity contribution in [3.8, 4) is 0 Å². The van der Waals surface area contributed by atoms with Crippen LogP contribution < -0.4 is 5.32 Å². The zero-order valence-corrected chi connectivity index (χ0v) is 12.0. The van der Waals surface area contributed by atoms with Gasteiger partial charge in [0.1, 0.15) is 0 Å². The highest BCUT2D eigenvalue weighted by molar-refractivity contribution is 9.10. The predicted molar refractivity (Wildman–Crippen MR) is 79.3 cm³/mol. The van der Waals surface area contributed by atoms with Crippen molar-refractivity contribution in [1.29, 1.82) is 0 Å². The molecule has 5 heteroatoms. The average molecular weight is 321 g/mol. The van der Waals surface area contributed by atoms with Gasteiger partial charge < -0.3 is 5.32 Å². The summed E-state index contributed by atoms with van der Waals surface area (Å²) in [6.45, 7) is 2.56. The number of hydrogen-bond donors (Lipinski definition) is 1. The van der Waals surface area contributed by atoms with Gasteiger partial charge in [0.15, 0.2) is 0 Å². The molecule has 0 heterocycles. The molecule has 0 spiro atoms. The van der Waals surface area contributed by atoms with E-state index >= 15 is 0 Å². The van der Waals surface area contributed by atoms with Crippen LogP contribution in [-0.2, 0) is 6.54 Å². The molecule has 19 heavy (non-hydrogen) atoms. The van der Waals surface area contributed by atoms with Gasteiger partial charge in [0, 0.05) is 28.8 Å². The minimum Gasteiger partial charge on any atom is -0.381 e. The number of benzene rings is 2. The third-order valence-electron chi connectivity index (χ3n) is 2.83. The molecule has 0 saturated heterocycles. The Hall–Kier alpha value is -1.88. The van der Waals surface area contributed by atoms with E-state index in [2.05, 4.69) is 21.2 Å². The SMILES string of the molecule is Cc1ccc([N+](=O)[O-])cc1NCc1ccc(Br)cc1. The standard InChI is InChI=1S/C14H13BrN2O2/c1-10-2-7-13(17(18)19)8-14(10)16-9-11-3-5-12(15)6-4-11/h2-8,16H,9H2,1H3. The van der Waals surface area contributed by atoms with Crippen LogP contribution in [0.2, 0.25) is 0 Å². The molecule has 2 rings (SSSR count). The highest BCUT2D eigenvalue weighted by Gasteiger charge is 2.08. The van der Waals surface area contributed by atoms with Crippen molar-refractivity contribution in [3.63, 3.8) is 0 Å². The van der Waals surface area contributed by atoms with E-state index in [1.165, 1.54) is 6.07 Å². The summed E-state index contributed by atoms with van der Waals surface area (Å²) in [5.74, 6) is 0. The van der Waals surface area contributed by atoms with E-state index < -0.39 is 0 Å². The number of rotatable bonds is 4. The maximum Gasteiger partial charge on any atom is 0.271 e. The summed E-state index contributed by atoms with van der Waals surface area (Å²) in [5, 5.41) is 14.0. The third kappa shape index (κ3) is 3.54. The van der Waals surface area contributed by atoms with E-state index in [4.69, 9.17) is 0 Å². The maximum absolute atomic E-state index is 10.7. The third-order valence-corrected chi connectivity index (χ3v) is 3.36. The van der Waals surface area contributed by atoms with Crippen molar-refractivity contribution >= 4 is 27.3 Å². The Morgan fingerprint density at radius 2 is 1.89 bits per heavy atom. The van der Waals surface area contributed by atoms with Gasteiger partial charge in [-0.15, -0.1) is 0 Å². The van der Waals surface area contributed by atoms with Gasteiger partial charge in [-0.05, 0) is 30.2 Å². The van der Waals surface area contributed by atoms with E-state index in [1.54, 1.807) is 12.1 Å². The Kier molecular flexibility index (Phi) is 4.16. The minimum atomic E-state index is -0.385. The van der Waals surface area contributed by atoms with Crippen molar-refractivity contribution in [1.82, 2.24) is 0 Å². The lowest BCUT2D eigenvalue weighted by atomic mass is 10.1. The van der Waals surface area contributed by atoms with E-state index in [0.717, 1.165) is 21.3 Å². The van der Waals surface area contributed by atoms with Crippen molar-refractivity contribution in [2.24, 2.45) is 0 Å². The lowest BCUT2D eigenvalue weighted by Crippen LogP contribution is -2.01. The van der Waals surface area contributed by atoms with Gasteiger partial charge >= 0.3 is 0 Å². The number of anilines is 1. The normalized spacial score (nSPS) is 10.2. The Balaban J connectivity index is 2.12. The van der Waals surface area contributed by atoms with Crippen LogP contribution in [0.4, 0.5) is 11.4 Å². The summed E-state index contributed by atoms with van der Waals surface area (Å²) in [5.41, 5.74) is 3.00. The highest BCUT2D eigenvalue weighted by atomic mass is 79.9. The molecule has 0 aliphatic rings. The first-order chi connectivity index (χ1) is 9.06. The van der Waals surface area contributed by atoms with Crippen LogP contribution in [0.15, 0.2) is 46.9 Å². The van der Waals surface area contributed by atoms with Crippen molar-refractivity contribution in [2.45, 2.75) is 13.5 Å². The Morgan fingerprint density at radius 3 is 2.53 bits per heavy atom. The number of nitrogens with zero attached hydrogens (tertiary/aromatic N) is 1. The number of aryl methyl sites for hydroxylation is 1. The van der Waals surface area contributed by atoms with Crippen molar-refractivity contribution in [2.75, 3.05) is 5.32 Å². The van der Waals surface area contributed by atoms with Gasteiger partial charge in [0.05, 0.1) is 4.92 Å². The molecule has 1 N–H and O–H groups in total. The van der Waals surface area contributed by atoms with Gasteiger partial charge in [-0.2, -0.15) is 0 Å². The van der Waals surface area contributed by atoms with E-state index in [0.29, 0.717) is 6.54 Å². The second kappa shape index (κ2) is 5.84. The van der Waals surface area contributed by atoms with Crippen LogP contribution >= 0.6 is 15.9 Å². The smallest absolute Gasteiger partial charge is 0.271 e. The molecule has 2 aromatic rings. The van der Waals surface area contributed by atoms with Gasteiger partial charge in [-0.1, -0.05) is 34.1 Å².